The Hall–Kier alpha value is -9.06. The number of fused-ring (bicyclic) bond motifs is 14. The first-order chi connectivity index (χ1) is 33.2. The van der Waals surface area contributed by atoms with Gasteiger partial charge in [0.05, 0.1) is 39.0 Å². The van der Waals surface area contributed by atoms with Crippen molar-refractivity contribution in [3.63, 3.8) is 0 Å². The number of rotatable bonds is 4. The molecule has 0 bridgehead atoms. The largest absolute Gasteiger partial charge is 0.456 e. The van der Waals surface area contributed by atoms with Crippen LogP contribution in [-0.2, 0) is 0 Å². The number of nitrogens with zero attached hydrogens (tertiary/aromatic N) is 4. The maximum Gasteiger partial charge on any atom is 0.161 e. The Morgan fingerprint density at radius 2 is 1.00 bits per heavy atom. The summed E-state index contributed by atoms with van der Waals surface area (Å²) in [6.45, 7) is 0. The number of aromatic nitrogens is 4. The highest BCUT2D eigenvalue weighted by atomic mass is 16.3. The highest BCUT2D eigenvalue weighted by Crippen LogP contribution is 2.42. The lowest BCUT2D eigenvalue weighted by molar-refractivity contribution is 0.669. The summed E-state index contributed by atoms with van der Waals surface area (Å²) in [6.07, 6.45) is 0. The summed E-state index contributed by atoms with van der Waals surface area (Å²) in [4.78, 5) is 10.6. The Kier molecular flexibility index (Phi) is 7.44. The van der Waals surface area contributed by atoms with Crippen LogP contribution in [0, 0.1) is 0 Å². The van der Waals surface area contributed by atoms with Gasteiger partial charge in [0.2, 0.25) is 0 Å². The lowest BCUT2D eigenvalue weighted by atomic mass is 10.00. The zero-order valence-electron chi connectivity index (χ0n) is 36.0. The first-order valence-electron chi connectivity index (χ1n) is 22.8. The lowest BCUT2D eigenvalue weighted by Gasteiger charge is -2.16. The van der Waals surface area contributed by atoms with Crippen LogP contribution in [0.2, 0.25) is 0 Å². The average molecular weight is 853 g/mol. The first-order valence-corrected chi connectivity index (χ1v) is 22.8. The third kappa shape index (κ3) is 5.25. The van der Waals surface area contributed by atoms with Crippen LogP contribution in [0.1, 0.15) is 0 Å². The molecule has 4 aromatic heterocycles. The third-order valence-electron chi connectivity index (χ3n) is 14.1. The summed E-state index contributed by atoms with van der Waals surface area (Å²) in [7, 11) is 0. The van der Waals surface area contributed by atoms with Gasteiger partial charge in [-0.2, -0.15) is 0 Å². The van der Waals surface area contributed by atoms with Crippen LogP contribution in [0.3, 0.4) is 0 Å². The maximum atomic E-state index is 6.35. The van der Waals surface area contributed by atoms with Crippen molar-refractivity contribution in [2.45, 2.75) is 0 Å². The molecule has 67 heavy (non-hydrogen) atoms. The van der Waals surface area contributed by atoms with Gasteiger partial charge in [-0.1, -0.05) is 146 Å². The molecule has 4 heterocycles. The third-order valence-corrected chi connectivity index (χ3v) is 14.1. The molecule has 0 fully saturated rings. The molecule has 0 aliphatic heterocycles. The number of furan rings is 1. The number of hydrogen-bond donors (Lipinski definition) is 0. The molecule has 5 nitrogen and oxygen atoms in total. The Bertz CT molecular complexity index is 4590. The predicted octanol–water partition coefficient (Wildman–Crippen LogP) is 16.5. The van der Waals surface area contributed by atoms with Gasteiger partial charge < -0.3 is 13.6 Å². The van der Waals surface area contributed by atoms with Crippen LogP contribution in [0.15, 0.2) is 223 Å². The quantitative estimate of drug-likeness (QED) is 0.177. The molecule has 11 aromatic carbocycles. The van der Waals surface area contributed by atoms with Gasteiger partial charge in [0.25, 0.3) is 0 Å². The van der Waals surface area contributed by atoms with E-state index in [1.165, 1.54) is 54.1 Å². The molecule has 310 valence electrons. The van der Waals surface area contributed by atoms with Crippen molar-refractivity contribution in [3.05, 3.63) is 218 Å². The SMILES string of the molecule is c1ccc2c(c1)ccc1c3ccccc3n(-c3ccc4cc5c(cc4c3)c3ccccc3n5-c3ccc(-c4nc(-c5ccc6c(c5)oc5ccccc56)c5ccccc5n4)c4ccccc34)c21. The molecule has 15 rings (SSSR count). The highest BCUT2D eigenvalue weighted by molar-refractivity contribution is 6.19. The fourth-order valence-corrected chi connectivity index (χ4v) is 11.1. The van der Waals surface area contributed by atoms with Crippen molar-refractivity contribution >= 4 is 109 Å². The summed E-state index contributed by atoms with van der Waals surface area (Å²) < 4.78 is 11.2. The molecule has 0 radical (unpaired) electrons. The summed E-state index contributed by atoms with van der Waals surface area (Å²) in [5.74, 6) is 0.682. The van der Waals surface area contributed by atoms with Gasteiger partial charge in [0.1, 0.15) is 11.2 Å². The topological polar surface area (TPSA) is 48.8 Å². The Morgan fingerprint density at radius 1 is 0.343 bits per heavy atom. The summed E-state index contributed by atoms with van der Waals surface area (Å²) in [6, 6.07) is 78.6. The van der Waals surface area contributed by atoms with E-state index in [4.69, 9.17) is 14.4 Å². The van der Waals surface area contributed by atoms with Crippen LogP contribution in [0.4, 0.5) is 0 Å². The number of benzene rings is 11. The van der Waals surface area contributed by atoms with E-state index in [0.717, 1.165) is 82.8 Å². The molecule has 0 N–H and O–H groups in total. The second-order valence-corrected chi connectivity index (χ2v) is 17.7. The van der Waals surface area contributed by atoms with Crippen LogP contribution in [0.25, 0.3) is 143 Å². The molecule has 0 amide bonds. The van der Waals surface area contributed by atoms with Crippen molar-refractivity contribution in [2.24, 2.45) is 0 Å². The van der Waals surface area contributed by atoms with E-state index in [0.29, 0.717) is 5.82 Å². The molecule has 0 aliphatic carbocycles. The Labute approximate surface area is 383 Å². The van der Waals surface area contributed by atoms with Crippen molar-refractivity contribution in [2.75, 3.05) is 0 Å². The molecule has 0 unspecified atom stereocenters. The van der Waals surface area contributed by atoms with Crippen LogP contribution >= 0.6 is 0 Å². The van der Waals surface area contributed by atoms with E-state index in [9.17, 15) is 0 Å². The summed E-state index contributed by atoms with van der Waals surface area (Å²) >= 11 is 0. The maximum absolute atomic E-state index is 6.35. The monoisotopic (exact) mass is 852 g/mol. The molecule has 5 heteroatoms. The normalized spacial score (nSPS) is 12.2. The predicted molar refractivity (Wildman–Crippen MR) is 279 cm³/mol. The summed E-state index contributed by atoms with van der Waals surface area (Å²) in [5, 5.41) is 15.2. The van der Waals surface area contributed by atoms with Gasteiger partial charge in [-0.3, -0.25) is 0 Å². The van der Waals surface area contributed by atoms with E-state index in [1.54, 1.807) is 0 Å². The van der Waals surface area contributed by atoms with Crippen LogP contribution < -0.4 is 0 Å². The van der Waals surface area contributed by atoms with Crippen molar-refractivity contribution in [1.29, 1.82) is 0 Å². The fraction of sp³-hybridized carbons (Fsp3) is 0. The molecule has 15 aromatic rings. The minimum Gasteiger partial charge on any atom is -0.456 e. The van der Waals surface area contributed by atoms with Crippen molar-refractivity contribution < 1.29 is 4.42 Å². The van der Waals surface area contributed by atoms with E-state index < -0.39 is 0 Å². The van der Waals surface area contributed by atoms with E-state index in [2.05, 4.69) is 209 Å². The summed E-state index contributed by atoms with van der Waals surface area (Å²) in [5.41, 5.74) is 12.5. The van der Waals surface area contributed by atoms with Gasteiger partial charge >= 0.3 is 0 Å². The lowest BCUT2D eigenvalue weighted by Crippen LogP contribution is -1.99. The van der Waals surface area contributed by atoms with Gasteiger partial charge in [-0.25, -0.2) is 9.97 Å². The van der Waals surface area contributed by atoms with Crippen LogP contribution in [-0.4, -0.2) is 19.1 Å². The molecule has 0 aliphatic rings. The molecule has 0 saturated heterocycles. The van der Waals surface area contributed by atoms with Gasteiger partial charge in [0.15, 0.2) is 5.82 Å². The zero-order valence-corrected chi connectivity index (χ0v) is 36.0. The first kappa shape index (κ1) is 36.3. The second-order valence-electron chi connectivity index (χ2n) is 17.7. The second kappa shape index (κ2) is 13.7. The minimum absolute atomic E-state index is 0.682. The van der Waals surface area contributed by atoms with E-state index >= 15 is 0 Å². The minimum atomic E-state index is 0.682. The zero-order chi connectivity index (χ0) is 43.7. The van der Waals surface area contributed by atoms with Gasteiger partial charge in [-0.15, -0.1) is 0 Å². The number of hydrogen-bond acceptors (Lipinski definition) is 3. The molecule has 0 spiro atoms. The molecular formula is C62H36N4O. The van der Waals surface area contributed by atoms with Crippen LogP contribution in [0.5, 0.6) is 0 Å². The number of para-hydroxylation sites is 4. The van der Waals surface area contributed by atoms with Crippen molar-refractivity contribution in [3.8, 4) is 34.0 Å². The molecule has 0 saturated carbocycles. The molecular weight excluding hydrogens is 817 g/mol. The van der Waals surface area contributed by atoms with Gasteiger partial charge in [0, 0.05) is 65.3 Å². The Balaban J connectivity index is 0.913. The fourth-order valence-electron chi connectivity index (χ4n) is 11.1. The van der Waals surface area contributed by atoms with Gasteiger partial charge in [-0.05, 0) is 94.3 Å². The standard InChI is InChI=1S/C62H36N4O/c1-2-14-42-37(13-1)26-30-49-45-17-6-10-22-54(45)65(61(42)49)41-28-25-38-35-57-52(34-40(38)33-41)46-18-7-11-23-55(46)66(57)56-32-31-50(43-15-3-4-16-44(43)56)62-63-53-21-9-5-20-51(53)60(64-62)39-27-29-48-47-19-8-12-24-58(47)67-59(48)36-39/h1-36H. The Morgan fingerprint density at radius 3 is 1.87 bits per heavy atom. The van der Waals surface area contributed by atoms with E-state index in [-0.39, 0.29) is 0 Å². The van der Waals surface area contributed by atoms with E-state index in [1.807, 2.05) is 18.2 Å². The smallest absolute Gasteiger partial charge is 0.161 e. The van der Waals surface area contributed by atoms with Crippen molar-refractivity contribution in [1.82, 2.24) is 19.1 Å². The average Bonchev–Trinajstić information content (AvgIpc) is 4.04. The molecule has 0 atom stereocenters. The highest BCUT2D eigenvalue weighted by Gasteiger charge is 2.21.